The second-order valence-electron chi connectivity index (χ2n) is 6.93. The summed E-state index contributed by atoms with van der Waals surface area (Å²) in [4.78, 5) is 29.2. The van der Waals surface area contributed by atoms with Crippen molar-refractivity contribution in [1.82, 2.24) is 4.98 Å². The van der Waals surface area contributed by atoms with Gasteiger partial charge in [0.05, 0.1) is 25.0 Å². The number of rotatable bonds is 8. The van der Waals surface area contributed by atoms with Crippen LogP contribution in [-0.2, 0) is 16.0 Å². The lowest BCUT2D eigenvalue weighted by Gasteiger charge is -2.08. The van der Waals surface area contributed by atoms with Crippen LogP contribution in [-0.4, -0.2) is 29.7 Å². The van der Waals surface area contributed by atoms with Crippen LogP contribution in [0.4, 0.5) is 11.4 Å². The molecule has 0 saturated carbocycles. The van der Waals surface area contributed by atoms with E-state index in [4.69, 9.17) is 4.74 Å². The van der Waals surface area contributed by atoms with Gasteiger partial charge in [-0.3, -0.25) is 9.59 Å². The van der Waals surface area contributed by atoms with Gasteiger partial charge in [-0.15, -0.1) is 11.3 Å². The summed E-state index contributed by atoms with van der Waals surface area (Å²) in [7, 11) is 1.58. The number of amides is 2. The normalized spacial score (nSPS) is 10.7. The highest BCUT2D eigenvalue weighted by molar-refractivity contribution is 8.01. The quantitative estimate of drug-likeness (QED) is 0.350. The molecule has 4 rings (SSSR count). The van der Waals surface area contributed by atoms with Crippen LogP contribution in [0.3, 0.4) is 0 Å². The Bertz CT molecular complexity index is 1250. The molecule has 8 heteroatoms. The number of benzene rings is 3. The zero-order valence-corrected chi connectivity index (χ0v) is 19.0. The SMILES string of the molecule is COc1cccc(NC(=O)Cc2csc(SCC(=O)Nc3cccc4ccccc34)n2)c1. The third-order valence-electron chi connectivity index (χ3n) is 4.62. The topological polar surface area (TPSA) is 80.3 Å². The summed E-state index contributed by atoms with van der Waals surface area (Å²) in [6, 6.07) is 21.0. The molecule has 0 bridgehead atoms. The maximum atomic E-state index is 12.4. The Balaban J connectivity index is 1.29. The van der Waals surface area contributed by atoms with Gasteiger partial charge in [-0.1, -0.05) is 54.2 Å². The zero-order chi connectivity index (χ0) is 22.3. The number of hydrogen-bond donors (Lipinski definition) is 2. The number of aromatic nitrogens is 1. The van der Waals surface area contributed by atoms with Crippen molar-refractivity contribution in [3.8, 4) is 5.75 Å². The number of thioether (sulfide) groups is 1. The van der Waals surface area contributed by atoms with E-state index < -0.39 is 0 Å². The van der Waals surface area contributed by atoms with E-state index in [1.807, 2.05) is 60.0 Å². The number of carbonyl (C=O) groups excluding carboxylic acids is 2. The van der Waals surface area contributed by atoms with E-state index >= 15 is 0 Å². The smallest absolute Gasteiger partial charge is 0.234 e. The van der Waals surface area contributed by atoms with E-state index in [9.17, 15) is 9.59 Å². The Kier molecular flexibility index (Phi) is 7.03. The molecule has 0 saturated heterocycles. The minimum absolute atomic E-state index is 0.0983. The third-order valence-corrected chi connectivity index (χ3v) is 6.69. The van der Waals surface area contributed by atoms with Crippen molar-refractivity contribution >= 4 is 57.1 Å². The Morgan fingerprint density at radius 3 is 2.69 bits per heavy atom. The highest BCUT2D eigenvalue weighted by atomic mass is 32.2. The van der Waals surface area contributed by atoms with Crippen LogP contribution in [0.5, 0.6) is 5.75 Å². The predicted molar refractivity (Wildman–Crippen MR) is 131 cm³/mol. The van der Waals surface area contributed by atoms with Crippen molar-refractivity contribution < 1.29 is 14.3 Å². The Morgan fingerprint density at radius 2 is 1.81 bits per heavy atom. The summed E-state index contributed by atoms with van der Waals surface area (Å²) in [5.41, 5.74) is 2.14. The number of hydrogen-bond acceptors (Lipinski definition) is 6. The summed E-state index contributed by atoms with van der Waals surface area (Å²) in [5.74, 6) is 0.663. The molecule has 32 heavy (non-hydrogen) atoms. The first-order chi connectivity index (χ1) is 15.6. The molecule has 0 aliphatic heterocycles. The first-order valence-corrected chi connectivity index (χ1v) is 11.8. The second-order valence-corrected chi connectivity index (χ2v) is 9.01. The van der Waals surface area contributed by atoms with Crippen LogP contribution in [0, 0.1) is 0 Å². The molecule has 1 aromatic heterocycles. The average molecular weight is 464 g/mol. The molecule has 162 valence electrons. The number of fused-ring (bicyclic) bond motifs is 1. The maximum absolute atomic E-state index is 12.4. The molecule has 2 amide bonds. The van der Waals surface area contributed by atoms with Crippen LogP contribution in [0.2, 0.25) is 0 Å². The van der Waals surface area contributed by atoms with E-state index in [-0.39, 0.29) is 24.0 Å². The fraction of sp³-hybridized carbons (Fsp3) is 0.125. The first kappa shape index (κ1) is 21.9. The summed E-state index contributed by atoms with van der Waals surface area (Å²) in [6.45, 7) is 0. The fourth-order valence-corrected chi connectivity index (χ4v) is 4.80. The molecular weight excluding hydrogens is 442 g/mol. The molecule has 0 fully saturated rings. The van der Waals surface area contributed by atoms with Gasteiger partial charge in [-0.2, -0.15) is 0 Å². The molecular formula is C24H21N3O3S2. The van der Waals surface area contributed by atoms with Gasteiger partial charge in [0.1, 0.15) is 5.75 Å². The molecule has 4 aromatic rings. The van der Waals surface area contributed by atoms with Crippen molar-refractivity contribution in [2.45, 2.75) is 10.8 Å². The molecule has 0 aliphatic carbocycles. The maximum Gasteiger partial charge on any atom is 0.234 e. The molecule has 0 aliphatic rings. The van der Waals surface area contributed by atoms with Gasteiger partial charge in [0, 0.05) is 28.2 Å². The van der Waals surface area contributed by atoms with Crippen LogP contribution < -0.4 is 15.4 Å². The van der Waals surface area contributed by atoms with Crippen molar-refractivity contribution in [3.63, 3.8) is 0 Å². The minimum atomic E-state index is -0.159. The highest BCUT2D eigenvalue weighted by Crippen LogP contribution is 2.26. The van der Waals surface area contributed by atoms with Crippen LogP contribution in [0.25, 0.3) is 10.8 Å². The second kappa shape index (κ2) is 10.3. The number of anilines is 2. The van der Waals surface area contributed by atoms with Crippen molar-refractivity contribution in [2.75, 3.05) is 23.5 Å². The van der Waals surface area contributed by atoms with Gasteiger partial charge in [0.25, 0.3) is 0 Å². The van der Waals surface area contributed by atoms with Crippen LogP contribution in [0.1, 0.15) is 5.69 Å². The van der Waals surface area contributed by atoms with Gasteiger partial charge < -0.3 is 15.4 Å². The van der Waals surface area contributed by atoms with Gasteiger partial charge in [-0.25, -0.2) is 4.98 Å². The summed E-state index contributed by atoms with van der Waals surface area (Å²) in [5, 5.41) is 9.74. The number of nitrogens with zero attached hydrogens (tertiary/aromatic N) is 1. The fourth-order valence-electron chi connectivity index (χ4n) is 3.15. The third kappa shape index (κ3) is 5.66. The summed E-state index contributed by atoms with van der Waals surface area (Å²) in [6.07, 6.45) is 0.163. The van der Waals surface area contributed by atoms with E-state index in [0.29, 0.717) is 17.1 Å². The summed E-state index contributed by atoms with van der Waals surface area (Å²) < 4.78 is 5.92. The zero-order valence-electron chi connectivity index (χ0n) is 17.3. The van der Waals surface area contributed by atoms with E-state index in [2.05, 4.69) is 15.6 Å². The van der Waals surface area contributed by atoms with Gasteiger partial charge in [-0.05, 0) is 23.6 Å². The first-order valence-electron chi connectivity index (χ1n) is 9.89. The Labute approximate surface area is 194 Å². The molecule has 0 unspecified atom stereocenters. The van der Waals surface area contributed by atoms with E-state index in [1.54, 1.807) is 19.2 Å². The predicted octanol–water partition coefficient (Wildman–Crippen LogP) is 5.22. The number of nitrogens with one attached hydrogen (secondary N) is 2. The monoisotopic (exact) mass is 463 g/mol. The van der Waals surface area contributed by atoms with Gasteiger partial charge >= 0.3 is 0 Å². The minimum Gasteiger partial charge on any atom is -0.497 e. The molecule has 0 radical (unpaired) electrons. The van der Waals surface area contributed by atoms with Crippen LogP contribution in [0.15, 0.2) is 76.4 Å². The molecule has 0 spiro atoms. The van der Waals surface area contributed by atoms with Crippen molar-refractivity contribution in [2.24, 2.45) is 0 Å². The Hall–Kier alpha value is -3.36. The molecule has 2 N–H and O–H groups in total. The van der Waals surface area contributed by atoms with Crippen molar-refractivity contribution in [3.05, 3.63) is 77.8 Å². The van der Waals surface area contributed by atoms with Gasteiger partial charge in [0.15, 0.2) is 4.34 Å². The number of methoxy groups -OCH3 is 1. The number of carbonyl (C=O) groups is 2. The lowest BCUT2D eigenvalue weighted by atomic mass is 10.1. The highest BCUT2D eigenvalue weighted by Gasteiger charge is 2.11. The number of ether oxygens (including phenoxy) is 1. The van der Waals surface area contributed by atoms with Crippen molar-refractivity contribution in [1.29, 1.82) is 0 Å². The standard InChI is InChI=1S/C24H21N3O3S2/c1-30-19-9-5-8-17(12-19)25-22(28)13-18-14-31-24(26-18)32-15-23(29)27-21-11-4-7-16-6-2-3-10-20(16)21/h2-12,14H,13,15H2,1H3,(H,25,28)(H,27,29). The number of thiazole rings is 1. The van der Waals surface area contributed by atoms with E-state index in [0.717, 1.165) is 20.8 Å². The molecule has 1 heterocycles. The average Bonchev–Trinajstić information content (AvgIpc) is 3.25. The van der Waals surface area contributed by atoms with Gasteiger partial charge in [0.2, 0.25) is 11.8 Å². The summed E-state index contributed by atoms with van der Waals surface area (Å²) >= 11 is 2.78. The van der Waals surface area contributed by atoms with E-state index in [1.165, 1.54) is 23.1 Å². The lowest BCUT2D eigenvalue weighted by Crippen LogP contribution is -2.15. The molecule has 0 atom stereocenters. The lowest BCUT2D eigenvalue weighted by molar-refractivity contribution is -0.116. The largest absolute Gasteiger partial charge is 0.497 e. The Morgan fingerprint density at radius 1 is 1.00 bits per heavy atom. The molecule has 6 nitrogen and oxygen atoms in total. The van der Waals surface area contributed by atoms with Crippen LogP contribution >= 0.6 is 23.1 Å². The molecule has 3 aromatic carbocycles.